The SMILES string of the molecule is CCc1noc(Cn2cnc3scc(-c4ccccc4)c3c2=O)n1. The van der Waals surface area contributed by atoms with Crippen LogP contribution in [0.1, 0.15) is 18.6 Å². The fraction of sp³-hybridized carbons (Fsp3) is 0.176. The van der Waals surface area contributed by atoms with Gasteiger partial charge in [-0.15, -0.1) is 11.3 Å². The highest BCUT2D eigenvalue weighted by molar-refractivity contribution is 7.17. The topological polar surface area (TPSA) is 73.8 Å². The average molecular weight is 338 g/mol. The van der Waals surface area contributed by atoms with Crippen molar-refractivity contribution < 1.29 is 4.52 Å². The van der Waals surface area contributed by atoms with Gasteiger partial charge in [0.1, 0.15) is 11.4 Å². The minimum absolute atomic E-state index is 0.101. The number of benzene rings is 1. The van der Waals surface area contributed by atoms with E-state index in [0.717, 1.165) is 16.0 Å². The summed E-state index contributed by atoms with van der Waals surface area (Å²) >= 11 is 1.47. The second-order valence-electron chi connectivity index (χ2n) is 5.33. The maximum atomic E-state index is 12.9. The summed E-state index contributed by atoms with van der Waals surface area (Å²) in [5.41, 5.74) is 1.81. The predicted octanol–water partition coefficient (Wildman–Crippen LogP) is 3.12. The van der Waals surface area contributed by atoms with Crippen molar-refractivity contribution in [3.05, 3.63) is 64.1 Å². The molecule has 0 atom stereocenters. The molecule has 0 saturated heterocycles. The van der Waals surface area contributed by atoms with Gasteiger partial charge in [0, 0.05) is 17.4 Å². The third kappa shape index (κ3) is 2.52. The smallest absolute Gasteiger partial charge is 0.263 e. The number of hydrogen-bond acceptors (Lipinski definition) is 6. The highest BCUT2D eigenvalue weighted by atomic mass is 32.1. The maximum absolute atomic E-state index is 12.9. The Kier molecular flexibility index (Phi) is 3.70. The number of aromatic nitrogens is 4. The number of thiophene rings is 1. The number of hydrogen-bond donors (Lipinski definition) is 0. The highest BCUT2D eigenvalue weighted by Gasteiger charge is 2.14. The fourth-order valence-electron chi connectivity index (χ4n) is 2.55. The van der Waals surface area contributed by atoms with Crippen LogP contribution in [-0.2, 0) is 13.0 Å². The first-order valence-corrected chi connectivity index (χ1v) is 8.47. The molecule has 0 bridgehead atoms. The summed E-state index contributed by atoms with van der Waals surface area (Å²) in [5, 5.41) is 6.46. The van der Waals surface area contributed by atoms with Crippen LogP contribution in [0.25, 0.3) is 21.3 Å². The summed E-state index contributed by atoms with van der Waals surface area (Å²) in [6.45, 7) is 2.17. The van der Waals surface area contributed by atoms with Gasteiger partial charge in [0.15, 0.2) is 5.82 Å². The van der Waals surface area contributed by atoms with Crippen LogP contribution in [0, 0.1) is 0 Å². The van der Waals surface area contributed by atoms with Crippen molar-refractivity contribution in [2.75, 3.05) is 0 Å². The van der Waals surface area contributed by atoms with Crippen molar-refractivity contribution in [3.8, 4) is 11.1 Å². The Labute approximate surface area is 141 Å². The van der Waals surface area contributed by atoms with E-state index in [1.807, 2.05) is 42.6 Å². The zero-order valence-electron chi connectivity index (χ0n) is 13.0. The van der Waals surface area contributed by atoms with Crippen LogP contribution in [0.3, 0.4) is 0 Å². The Bertz CT molecular complexity index is 1050. The number of nitrogens with zero attached hydrogens (tertiary/aromatic N) is 4. The summed E-state index contributed by atoms with van der Waals surface area (Å²) in [6, 6.07) is 9.85. The molecule has 1 aromatic carbocycles. The zero-order valence-corrected chi connectivity index (χ0v) is 13.8. The third-order valence-corrected chi connectivity index (χ3v) is 4.66. The summed E-state index contributed by atoms with van der Waals surface area (Å²) < 4.78 is 6.69. The van der Waals surface area contributed by atoms with Gasteiger partial charge >= 0.3 is 0 Å². The molecule has 3 aromatic heterocycles. The van der Waals surface area contributed by atoms with E-state index < -0.39 is 0 Å². The Balaban J connectivity index is 1.81. The Morgan fingerprint density at radius 1 is 1.25 bits per heavy atom. The molecule has 0 amide bonds. The molecule has 0 unspecified atom stereocenters. The van der Waals surface area contributed by atoms with Crippen LogP contribution in [0.4, 0.5) is 0 Å². The molecule has 0 aliphatic heterocycles. The molecule has 0 aliphatic carbocycles. The van der Waals surface area contributed by atoms with Crippen LogP contribution >= 0.6 is 11.3 Å². The lowest BCUT2D eigenvalue weighted by atomic mass is 10.1. The van der Waals surface area contributed by atoms with Gasteiger partial charge < -0.3 is 4.52 Å². The molecule has 24 heavy (non-hydrogen) atoms. The molecule has 3 heterocycles. The minimum atomic E-state index is -0.101. The van der Waals surface area contributed by atoms with Crippen LogP contribution in [0.5, 0.6) is 0 Å². The second kappa shape index (κ2) is 6.01. The first-order valence-electron chi connectivity index (χ1n) is 7.59. The summed E-state index contributed by atoms with van der Waals surface area (Å²) in [4.78, 5) is 22.3. The van der Waals surface area contributed by atoms with E-state index in [-0.39, 0.29) is 12.1 Å². The van der Waals surface area contributed by atoms with E-state index in [0.29, 0.717) is 23.5 Å². The third-order valence-electron chi connectivity index (χ3n) is 3.78. The van der Waals surface area contributed by atoms with Crippen molar-refractivity contribution in [1.29, 1.82) is 0 Å². The lowest BCUT2D eigenvalue weighted by molar-refractivity contribution is 0.365. The largest absolute Gasteiger partial charge is 0.337 e. The minimum Gasteiger partial charge on any atom is -0.337 e. The van der Waals surface area contributed by atoms with Gasteiger partial charge in [0.05, 0.1) is 11.7 Å². The predicted molar refractivity (Wildman–Crippen MR) is 92.1 cm³/mol. The first-order chi connectivity index (χ1) is 11.8. The first kappa shape index (κ1) is 14.8. The van der Waals surface area contributed by atoms with E-state index in [1.54, 1.807) is 0 Å². The highest BCUT2D eigenvalue weighted by Crippen LogP contribution is 2.30. The standard InChI is InChI=1S/C17H14N4O2S/c1-2-13-19-14(23-20-13)8-21-10-18-16-15(17(21)22)12(9-24-16)11-6-4-3-5-7-11/h3-7,9-10H,2,8H2,1H3. The van der Waals surface area contributed by atoms with Crippen LogP contribution < -0.4 is 5.56 Å². The molecule has 0 spiro atoms. The number of fused-ring (bicyclic) bond motifs is 1. The maximum Gasteiger partial charge on any atom is 0.263 e. The van der Waals surface area contributed by atoms with Crippen LogP contribution in [0.2, 0.25) is 0 Å². The average Bonchev–Trinajstić information content (AvgIpc) is 3.25. The van der Waals surface area contributed by atoms with Crippen molar-refractivity contribution in [1.82, 2.24) is 19.7 Å². The summed E-state index contributed by atoms with van der Waals surface area (Å²) in [7, 11) is 0. The quantitative estimate of drug-likeness (QED) is 0.571. The van der Waals surface area contributed by atoms with E-state index in [9.17, 15) is 4.79 Å². The molecule has 0 radical (unpaired) electrons. The van der Waals surface area contributed by atoms with E-state index in [4.69, 9.17) is 4.52 Å². The van der Waals surface area contributed by atoms with Gasteiger partial charge in [-0.05, 0) is 5.56 Å². The molecule has 120 valence electrons. The summed E-state index contributed by atoms with van der Waals surface area (Å²) in [6.07, 6.45) is 2.23. The van der Waals surface area contributed by atoms with Gasteiger partial charge in [-0.2, -0.15) is 4.98 Å². The zero-order chi connectivity index (χ0) is 16.5. The molecule has 0 N–H and O–H groups in total. The van der Waals surface area contributed by atoms with E-state index >= 15 is 0 Å². The van der Waals surface area contributed by atoms with E-state index in [1.165, 1.54) is 22.2 Å². The molecule has 0 fully saturated rings. The van der Waals surface area contributed by atoms with E-state index in [2.05, 4.69) is 15.1 Å². The van der Waals surface area contributed by atoms with Crippen molar-refractivity contribution in [2.45, 2.75) is 19.9 Å². The number of aryl methyl sites for hydroxylation is 1. The molecular formula is C17H14N4O2S. The van der Waals surface area contributed by atoms with Gasteiger partial charge in [0.2, 0.25) is 5.89 Å². The van der Waals surface area contributed by atoms with Crippen molar-refractivity contribution >= 4 is 21.6 Å². The van der Waals surface area contributed by atoms with Gasteiger partial charge in [-0.25, -0.2) is 4.98 Å². The molecule has 6 nitrogen and oxygen atoms in total. The lowest BCUT2D eigenvalue weighted by Crippen LogP contribution is -2.21. The second-order valence-corrected chi connectivity index (χ2v) is 6.19. The number of rotatable bonds is 4. The lowest BCUT2D eigenvalue weighted by Gasteiger charge is -2.03. The van der Waals surface area contributed by atoms with Gasteiger partial charge in [0.25, 0.3) is 5.56 Å². The summed E-state index contributed by atoms with van der Waals surface area (Å²) in [5.74, 6) is 1.04. The van der Waals surface area contributed by atoms with Crippen molar-refractivity contribution in [3.63, 3.8) is 0 Å². The molecule has 0 saturated carbocycles. The monoisotopic (exact) mass is 338 g/mol. The van der Waals surface area contributed by atoms with Crippen LogP contribution in [0.15, 0.2) is 51.4 Å². The van der Waals surface area contributed by atoms with Crippen LogP contribution in [-0.4, -0.2) is 19.7 Å². The Morgan fingerprint density at radius 2 is 2.08 bits per heavy atom. The Hall–Kier alpha value is -2.80. The van der Waals surface area contributed by atoms with Crippen molar-refractivity contribution in [2.24, 2.45) is 0 Å². The molecule has 4 aromatic rings. The molecule has 4 rings (SSSR count). The normalized spacial score (nSPS) is 11.2. The molecular weight excluding hydrogens is 324 g/mol. The molecule has 0 aliphatic rings. The van der Waals surface area contributed by atoms with Gasteiger partial charge in [-0.3, -0.25) is 9.36 Å². The Morgan fingerprint density at radius 3 is 2.83 bits per heavy atom. The fourth-order valence-corrected chi connectivity index (χ4v) is 3.46. The molecule has 7 heteroatoms. The van der Waals surface area contributed by atoms with Gasteiger partial charge in [-0.1, -0.05) is 42.4 Å².